The van der Waals surface area contributed by atoms with Crippen LogP contribution in [0.2, 0.25) is 0 Å². The van der Waals surface area contributed by atoms with Crippen LogP contribution in [0.1, 0.15) is 367 Å². The van der Waals surface area contributed by atoms with Crippen LogP contribution < -0.4 is 0 Å². The Labute approximate surface area is 515 Å². The largest absolute Gasteiger partial charge is 0.462 e. The molecule has 0 saturated heterocycles. The minimum atomic E-state index is -0.780. The van der Waals surface area contributed by atoms with Crippen molar-refractivity contribution in [3.05, 3.63) is 85.1 Å². The Hall–Kier alpha value is -3.41. The van der Waals surface area contributed by atoms with E-state index in [-0.39, 0.29) is 31.1 Å². The van der Waals surface area contributed by atoms with Crippen LogP contribution in [0.15, 0.2) is 85.1 Å². The van der Waals surface area contributed by atoms with Crippen LogP contribution in [0, 0.1) is 0 Å². The molecule has 0 aromatic heterocycles. The van der Waals surface area contributed by atoms with E-state index in [0.29, 0.717) is 19.3 Å². The zero-order chi connectivity index (χ0) is 59.9. The molecule has 0 aromatic carbocycles. The van der Waals surface area contributed by atoms with Gasteiger partial charge >= 0.3 is 17.9 Å². The number of unbranched alkanes of at least 4 members (excludes halogenated alkanes) is 41. The molecule has 0 aliphatic heterocycles. The Morgan fingerprint density at radius 2 is 0.482 bits per heavy atom. The SMILES string of the molecule is CC/C=C\C/C=C\C/C=C\C/C=C\C/C=C\CCCCCCCCCCCCCCCCCC(=O)OCC(COC(=O)CCCCCCC/C=C\CCCC)OC(=O)CCCCCCCCCCCCC/C=C\CCCCCCCCCC. The van der Waals surface area contributed by atoms with Gasteiger partial charge in [0.1, 0.15) is 13.2 Å². The number of hydrogen-bond donors (Lipinski definition) is 0. The summed E-state index contributed by atoms with van der Waals surface area (Å²) in [5.41, 5.74) is 0. The van der Waals surface area contributed by atoms with Crippen LogP contribution in [-0.2, 0) is 28.6 Å². The fourth-order valence-electron chi connectivity index (χ4n) is 10.4. The van der Waals surface area contributed by atoms with Gasteiger partial charge in [0.2, 0.25) is 0 Å². The van der Waals surface area contributed by atoms with E-state index >= 15 is 0 Å². The molecule has 0 heterocycles. The molecule has 0 spiro atoms. The molecule has 6 heteroatoms. The van der Waals surface area contributed by atoms with Gasteiger partial charge in [0.05, 0.1) is 0 Å². The number of carbonyl (C=O) groups excluding carboxylic acids is 3. The quantitative estimate of drug-likeness (QED) is 0.0261. The first-order chi connectivity index (χ1) is 41.0. The van der Waals surface area contributed by atoms with E-state index in [4.69, 9.17) is 14.2 Å². The maximum absolute atomic E-state index is 12.9. The van der Waals surface area contributed by atoms with Gasteiger partial charge < -0.3 is 14.2 Å². The molecule has 480 valence electrons. The van der Waals surface area contributed by atoms with Gasteiger partial charge in [0, 0.05) is 19.3 Å². The maximum Gasteiger partial charge on any atom is 0.306 e. The van der Waals surface area contributed by atoms with Gasteiger partial charge in [-0.2, -0.15) is 0 Å². The molecule has 0 aromatic rings. The first-order valence-corrected chi connectivity index (χ1v) is 36.1. The second-order valence-corrected chi connectivity index (χ2v) is 24.1. The van der Waals surface area contributed by atoms with Gasteiger partial charge in [0.25, 0.3) is 0 Å². The zero-order valence-electron chi connectivity index (χ0n) is 55.2. The summed E-state index contributed by atoms with van der Waals surface area (Å²) in [6.45, 7) is 6.53. The maximum atomic E-state index is 12.9. The Kier molecular flexibility index (Phi) is 68.2. The lowest BCUT2D eigenvalue weighted by Gasteiger charge is -2.18. The second kappa shape index (κ2) is 71.1. The first-order valence-electron chi connectivity index (χ1n) is 36.1. The normalized spacial score (nSPS) is 12.6. The van der Waals surface area contributed by atoms with Crippen molar-refractivity contribution >= 4 is 17.9 Å². The highest BCUT2D eigenvalue weighted by Gasteiger charge is 2.19. The predicted molar refractivity (Wildman–Crippen MR) is 362 cm³/mol. The van der Waals surface area contributed by atoms with Crippen molar-refractivity contribution in [2.24, 2.45) is 0 Å². The van der Waals surface area contributed by atoms with Crippen molar-refractivity contribution in [1.82, 2.24) is 0 Å². The van der Waals surface area contributed by atoms with Crippen molar-refractivity contribution in [3.63, 3.8) is 0 Å². The highest BCUT2D eigenvalue weighted by atomic mass is 16.6. The molecular weight excluding hydrogens is 1020 g/mol. The minimum absolute atomic E-state index is 0.0758. The number of hydrogen-bond acceptors (Lipinski definition) is 6. The van der Waals surface area contributed by atoms with E-state index in [1.165, 1.54) is 231 Å². The number of esters is 3. The summed E-state index contributed by atoms with van der Waals surface area (Å²) < 4.78 is 17.0. The molecule has 0 N–H and O–H groups in total. The third-order valence-electron chi connectivity index (χ3n) is 15.9. The molecule has 6 nitrogen and oxygen atoms in total. The Morgan fingerprint density at radius 3 is 0.783 bits per heavy atom. The Morgan fingerprint density at radius 1 is 0.253 bits per heavy atom. The van der Waals surface area contributed by atoms with Crippen LogP contribution in [0.4, 0.5) is 0 Å². The van der Waals surface area contributed by atoms with Crippen molar-refractivity contribution < 1.29 is 28.6 Å². The molecule has 0 radical (unpaired) electrons. The number of ether oxygens (including phenoxy) is 3. The summed E-state index contributed by atoms with van der Waals surface area (Å²) in [6, 6.07) is 0. The summed E-state index contributed by atoms with van der Waals surface area (Å²) in [5.74, 6) is -0.868. The topological polar surface area (TPSA) is 78.9 Å². The van der Waals surface area contributed by atoms with Crippen molar-refractivity contribution in [1.29, 1.82) is 0 Å². The van der Waals surface area contributed by atoms with Gasteiger partial charge in [-0.25, -0.2) is 0 Å². The number of allylic oxidation sites excluding steroid dienone is 14. The smallest absolute Gasteiger partial charge is 0.306 e. The van der Waals surface area contributed by atoms with Crippen LogP contribution in [0.25, 0.3) is 0 Å². The van der Waals surface area contributed by atoms with E-state index in [9.17, 15) is 14.4 Å². The minimum Gasteiger partial charge on any atom is -0.462 e. The van der Waals surface area contributed by atoms with Gasteiger partial charge in [-0.1, -0.05) is 324 Å². The van der Waals surface area contributed by atoms with Crippen molar-refractivity contribution in [3.8, 4) is 0 Å². The average Bonchev–Trinajstić information content (AvgIpc) is 3.48. The molecule has 0 aliphatic carbocycles. The fourth-order valence-corrected chi connectivity index (χ4v) is 10.4. The lowest BCUT2D eigenvalue weighted by atomic mass is 10.0. The van der Waals surface area contributed by atoms with Crippen LogP contribution in [0.5, 0.6) is 0 Å². The monoisotopic (exact) mass is 1160 g/mol. The second-order valence-electron chi connectivity index (χ2n) is 24.1. The Balaban J connectivity index is 4.17. The average molecular weight is 1160 g/mol. The van der Waals surface area contributed by atoms with Gasteiger partial charge in [-0.3, -0.25) is 14.4 Å². The van der Waals surface area contributed by atoms with Crippen molar-refractivity contribution in [2.45, 2.75) is 374 Å². The lowest BCUT2D eigenvalue weighted by molar-refractivity contribution is -0.167. The van der Waals surface area contributed by atoms with E-state index < -0.39 is 6.10 Å². The summed E-state index contributed by atoms with van der Waals surface area (Å²) in [7, 11) is 0. The number of rotatable bonds is 66. The molecule has 1 unspecified atom stereocenters. The van der Waals surface area contributed by atoms with Crippen LogP contribution in [0.3, 0.4) is 0 Å². The van der Waals surface area contributed by atoms with Crippen LogP contribution in [-0.4, -0.2) is 37.2 Å². The van der Waals surface area contributed by atoms with E-state index in [1.807, 2.05) is 0 Å². The summed E-state index contributed by atoms with van der Waals surface area (Å²) in [6.07, 6.45) is 94.8. The highest BCUT2D eigenvalue weighted by Crippen LogP contribution is 2.18. The summed E-state index contributed by atoms with van der Waals surface area (Å²) in [4.78, 5) is 38.4. The summed E-state index contributed by atoms with van der Waals surface area (Å²) >= 11 is 0. The molecular formula is C77H136O6. The van der Waals surface area contributed by atoms with Gasteiger partial charge in [-0.05, 0) is 109 Å². The molecule has 0 amide bonds. The molecule has 0 fully saturated rings. The third kappa shape index (κ3) is 69.3. The molecule has 0 aliphatic rings. The molecule has 0 bridgehead atoms. The molecule has 0 saturated carbocycles. The van der Waals surface area contributed by atoms with Crippen molar-refractivity contribution in [2.75, 3.05) is 13.2 Å². The first kappa shape index (κ1) is 79.6. The Bertz CT molecular complexity index is 1570. The van der Waals surface area contributed by atoms with E-state index in [2.05, 4.69) is 106 Å². The number of carbonyl (C=O) groups is 3. The molecule has 1 atom stereocenters. The molecule has 83 heavy (non-hydrogen) atoms. The van der Waals surface area contributed by atoms with Gasteiger partial charge in [0.15, 0.2) is 6.10 Å². The van der Waals surface area contributed by atoms with Crippen LogP contribution >= 0.6 is 0 Å². The molecule has 0 rings (SSSR count). The third-order valence-corrected chi connectivity index (χ3v) is 15.9. The fraction of sp³-hybridized carbons (Fsp3) is 0.779. The predicted octanol–water partition coefficient (Wildman–Crippen LogP) is 25.0. The zero-order valence-corrected chi connectivity index (χ0v) is 55.2. The van der Waals surface area contributed by atoms with E-state index in [0.717, 1.165) is 96.3 Å². The van der Waals surface area contributed by atoms with Gasteiger partial charge in [-0.15, -0.1) is 0 Å². The summed E-state index contributed by atoms with van der Waals surface area (Å²) in [5, 5.41) is 0. The lowest BCUT2D eigenvalue weighted by Crippen LogP contribution is -2.30. The highest BCUT2D eigenvalue weighted by molar-refractivity contribution is 5.71. The standard InChI is InChI=1S/C77H136O6/c1-4-7-10-13-16-19-22-24-26-28-30-32-34-35-36-37-38-39-40-41-43-44-46-48-50-52-55-58-61-64-67-70-76(79)82-73-74(72-81-75(78)69-66-63-60-57-54-21-18-15-12-9-6-3)83-77(80)71-68-65-62-59-56-53-51-49-47-45-42-33-31-29-27-25-23-20-17-14-11-8-5-2/h7,10,15-16,18-19,24,26,29-32,35-36,74H,4-6,8-9,11-14,17,20-23,25,27-28,33-34,37-73H2,1-3H3/b10-7-,18-15-,19-16-,26-24-,31-29-,32-30-,36-35-. The van der Waals surface area contributed by atoms with E-state index in [1.54, 1.807) is 0 Å².